The van der Waals surface area contributed by atoms with Crippen molar-refractivity contribution in [2.45, 2.75) is 17.2 Å². The second-order valence-corrected chi connectivity index (χ2v) is 5.17. The third-order valence-corrected chi connectivity index (χ3v) is 4.41. The van der Waals surface area contributed by atoms with Gasteiger partial charge >= 0.3 is 0 Å². The van der Waals surface area contributed by atoms with Crippen LogP contribution < -0.4 is 0 Å². The first-order valence-electron chi connectivity index (χ1n) is 5.70. The molecule has 1 fully saturated rings. The SMILES string of the molecule is ClC1[C@H]2c3ccccc3-c3ccccc3[C@@H]12. The number of fused-ring (bicyclic) bond motifs is 6. The number of benzene rings is 2. The van der Waals surface area contributed by atoms with Crippen LogP contribution in [0.1, 0.15) is 23.0 Å². The topological polar surface area (TPSA) is 0 Å². The predicted octanol–water partition coefficient (Wildman–Crippen LogP) is 4.16. The fourth-order valence-corrected chi connectivity index (χ4v) is 3.57. The zero-order chi connectivity index (χ0) is 10.7. The maximum absolute atomic E-state index is 6.41. The first-order chi connectivity index (χ1) is 7.88. The Kier molecular flexibility index (Phi) is 1.60. The lowest BCUT2D eigenvalue weighted by molar-refractivity contribution is 1.01. The van der Waals surface area contributed by atoms with Crippen molar-refractivity contribution in [3.8, 4) is 11.1 Å². The summed E-state index contributed by atoms with van der Waals surface area (Å²) in [4.78, 5) is 0. The lowest BCUT2D eigenvalue weighted by Gasteiger charge is -2.18. The summed E-state index contributed by atoms with van der Waals surface area (Å²) in [7, 11) is 0. The van der Waals surface area contributed by atoms with Gasteiger partial charge in [-0.25, -0.2) is 0 Å². The van der Waals surface area contributed by atoms with E-state index in [2.05, 4.69) is 48.5 Å². The van der Waals surface area contributed by atoms with E-state index in [9.17, 15) is 0 Å². The quantitative estimate of drug-likeness (QED) is 0.592. The summed E-state index contributed by atoms with van der Waals surface area (Å²) in [5.74, 6) is 1.10. The van der Waals surface area contributed by atoms with Crippen molar-refractivity contribution in [3.63, 3.8) is 0 Å². The van der Waals surface area contributed by atoms with Gasteiger partial charge in [0.05, 0.1) is 0 Å². The molecule has 3 atom stereocenters. The van der Waals surface area contributed by atoms with Crippen LogP contribution in [0.3, 0.4) is 0 Å². The van der Waals surface area contributed by atoms with Crippen LogP contribution in [0.2, 0.25) is 0 Å². The Morgan fingerprint density at radius 2 is 1.12 bits per heavy atom. The lowest BCUT2D eigenvalue weighted by atomic mass is 9.86. The Hall–Kier alpha value is -1.27. The van der Waals surface area contributed by atoms with Crippen LogP contribution in [-0.4, -0.2) is 5.38 Å². The van der Waals surface area contributed by atoms with Gasteiger partial charge in [-0.2, -0.15) is 0 Å². The Labute approximate surface area is 99.9 Å². The summed E-state index contributed by atoms with van der Waals surface area (Å²) < 4.78 is 0. The second-order valence-electron chi connectivity index (χ2n) is 4.67. The van der Waals surface area contributed by atoms with Gasteiger partial charge in [0.25, 0.3) is 0 Å². The van der Waals surface area contributed by atoms with Crippen LogP contribution in [0.5, 0.6) is 0 Å². The average Bonchev–Trinajstić information content (AvgIpc) is 3.02. The molecule has 0 radical (unpaired) electrons. The molecule has 2 aromatic carbocycles. The smallest absolute Gasteiger partial charge is 0.0486 e. The van der Waals surface area contributed by atoms with Crippen molar-refractivity contribution in [1.29, 1.82) is 0 Å². The molecule has 0 aromatic heterocycles. The molecule has 78 valence electrons. The van der Waals surface area contributed by atoms with Crippen LogP contribution in [0.15, 0.2) is 48.5 Å². The molecule has 0 N–H and O–H groups in total. The maximum atomic E-state index is 6.41. The van der Waals surface area contributed by atoms with E-state index in [-0.39, 0.29) is 0 Å². The van der Waals surface area contributed by atoms with Crippen LogP contribution in [-0.2, 0) is 0 Å². The molecule has 4 rings (SSSR count). The molecule has 16 heavy (non-hydrogen) atoms. The summed E-state index contributed by atoms with van der Waals surface area (Å²) in [6.45, 7) is 0. The van der Waals surface area contributed by atoms with Crippen LogP contribution >= 0.6 is 11.6 Å². The molecule has 1 heteroatoms. The normalized spacial score (nSPS) is 28.9. The third kappa shape index (κ3) is 0.959. The minimum Gasteiger partial charge on any atom is -0.122 e. The largest absolute Gasteiger partial charge is 0.122 e. The summed E-state index contributed by atoms with van der Waals surface area (Å²) in [6.07, 6.45) is 0. The van der Waals surface area contributed by atoms with Crippen molar-refractivity contribution in [1.82, 2.24) is 0 Å². The maximum Gasteiger partial charge on any atom is 0.0486 e. The van der Waals surface area contributed by atoms with Gasteiger partial charge in [-0.15, -0.1) is 11.6 Å². The van der Waals surface area contributed by atoms with Crippen molar-refractivity contribution < 1.29 is 0 Å². The zero-order valence-corrected chi connectivity index (χ0v) is 9.48. The second kappa shape index (κ2) is 2.89. The van der Waals surface area contributed by atoms with E-state index in [1.165, 1.54) is 22.3 Å². The highest BCUT2D eigenvalue weighted by Crippen LogP contribution is 2.64. The minimum absolute atomic E-state index is 0.296. The van der Waals surface area contributed by atoms with Crippen molar-refractivity contribution >= 4 is 11.6 Å². The molecule has 0 heterocycles. The molecule has 0 amide bonds. The number of alkyl halides is 1. The molecule has 1 saturated carbocycles. The third-order valence-electron chi connectivity index (χ3n) is 3.86. The van der Waals surface area contributed by atoms with Crippen LogP contribution in [0.25, 0.3) is 11.1 Å². The van der Waals surface area contributed by atoms with Crippen LogP contribution in [0.4, 0.5) is 0 Å². The molecule has 2 aromatic rings. The number of halogens is 1. The Morgan fingerprint density at radius 3 is 1.62 bits per heavy atom. The van der Waals surface area contributed by atoms with E-state index < -0.39 is 0 Å². The van der Waals surface area contributed by atoms with E-state index in [1.54, 1.807) is 0 Å². The minimum atomic E-state index is 0.296. The standard InChI is InChI=1S/C15H11Cl/c16-15-13-11-7-3-1-5-9(11)10-6-2-4-8-12(10)14(13)15/h1-8,13-15H/t13-,14+,15?. The van der Waals surface area contributed by atoms with Gasteiger partial charge in [-0.3, -0.25) is 0 Å². The first-order valence-corrected chi connectivity index (χ1v) is 6.14. The van der Waals surface area contributed by atoms with Gasteiger partial charge in [0, 0.05) is 17.2 Å². The van der Waals surface area contributed by atoms with Crippen molar-refractivity contribution in [2.24, 2.45) is 0 Å². The Balaban J connectivity index is 2.07. The summed E-state index contributed by atoms with van der Waals surface area (Å²) in [5, 5.41) is 0.296. The number of hydrogen-bond donors (Lipinski definition) is 0. The molecular formula is C15H11Cl. The lowest BCUT2D eigenvalue weighted by Crippen LogP contribution is -1.98. The van der Waals surface area contributed by atoms with Crippen molar-refractivity contribution in [2.75, 3.05) is 0 Å². The molecule has 0 bridgehead atoms. The molecule has 0 saturated heterocycles. The fourth-order valence-electron chi connectivity index (χ4n) is 3.07. The van der Waals surface area contributed by atoms with E-state index in [0.29, 0.717) is 17.2 Å². The monoisotopic (exact) mass is 226 g/mol. The highest BCUT2D eigenvalue weighted by atomic mass is 35.5. The van der Waals surface area contributed by atoms with Gasteiger partial charge in [0.2, 0.25) is 0 Å². The summed E-state index contributed by atoms with van der Waals surface area (Å²) in [6, 6.07) is 17.3. The highest BCUT2D eigenvalue weighted by Gasteiger charge is 2.54. The first kappa shape index (κ1) is 8.83. The Morgan fingerprint density at radius 1 is 0.688 bits per heavy atom. The summed E-state index contributed by atoms with van der Waals surface area (Å²) >= 11 is 6.41. The molecule has 0 nitrogen and oxygen atoms in total. The highest BCUT2D eigenvalue weighted by molar-refractivity contribution is 6.24. The Bertz CT molecular complexity index is 522. The van der Waals surface area contributed by atoms with Crippen molar-refractivity contribution in [3.05, 3.63) is 59.7 Å². The van der Waals surface area contributed by atoms with Crippen LogP contribution in [0, 0.1) is 0 Å². The number of rotatable bonds is 0. The molecule has 0 spiro atoms. The average molecular weight is 227 g/mol. The summed E-state index contributed by atoms with van der Waals surface area (Å²) in [5.41, 5.74) is 5.63. The van der Waals surface area contributed by atoms with Gasteiger partial charge < -0.3 is 0 Å². The molecule has 2 aliphatic carbocycles. The molecule has 0 aliphatic heterocycles. The van der Waals surface area contributed by atoms with E-state index in [0.717, 1.165) is 0 Å². The predicted molar refractivity (Wildman–Crippen MR) is 67.0 cm³/mol. The van der Waals surface area contributed by atoms with Gasteiger partial charge in [-0.05, 0) is 22.3 Å². The number of hydrogen-bond acceptors (Lipinski definition) is 0. The fraction of sp³-hybridized carbons (Fsp3) is 0.200. The van der Waals surface area contributed by atoms with E-state index >= 15 is 0 Å². The molecule has 2 aliphatic rings. The molecule has 1 unspecified atom stereocenters. The van der Waals surface area contributed by atoms with E-state index in [4.69, 9.17) is 11.6 Å². The zero-order valence-electron chi connectivity index (χ0n) is 8.73. The van der Waals surface area contributed by atoms with Gasteiger partial charge in [0.1, 0.15) is 0 Å². The molecular weight excluding hydrogens is 216 g/mol. The van der Waals surface area contributed by atoms with E-state index in [1.807, 2.05) is 0 Å². The van der Waals surface area contributed by atoms with Gasteiger partial charge in [-0.1, -0.05) is 48.5 Å². The van der Waals surface area contributed by atoms with Gasteiger partial charge in [0.15, 0.2) is 0 Å².